The first-order chi connectivity index (χ1) is 10.3. The van der Waals surface area contributed by atoms with Gasteiger partial charge in [0.1, 0.15) is 6.54 Å². The molecule has 1 amide bonds. The molecule has 2 N–H and O–H groups in total. The maximum Gasteiger partial charge on any atom is 0.240 e. The molecule has 1 fully saturated rings. The van der Waals surface area contributed by atoms with Gasteiger partial charge in [-0.05, 0) is 43.0 Å². The van der Waals surface area contributed by atoms with E-state index in [9.17, 15) is 4.79 Å². The molecule has 2 aromatic rings. The molecule has 21 heavy (non-hydrogen) atoms. The summed E-state index contributed by atoms with van der Waals surface area (Å²) in [5, 5.41) is 7.49. The number of nitrogens with one attached hydrogen (secondary N) is 2. The van der Waals surface area contributed by atoms with Crippen LogP contribution >= 0.6 is 0 Å². The second kappa shape index (κ2) is 6.31. The summed E-state index contributed by atoms with van der Waals surface area (Å²) >= 11 is 0. The molecular formula is C17H23N3O. The van der Waals surface area contributed by atoms with Gasteiger partial charge >= 0.3 is 0 Å². The fourth-order valence-corrected chi connectivity index (χ4v) is 3.18. The highest BCUT2D eigenvalue weighted by Crippen LogP contribution is 2.19. The molecule has 0 aliphatic heterocycles. The number of amides is 1. The van der Waals surface area contributed by atoms with Crippen LogP contribution in [0.3, 0.4) is 0 Å². The first-order valence-corrected chi connectivity index (χ1v) is 7.78. The molecule has 1 heterocycles. The molecule has 112 valence electrons. The van der Waals surface area contributed by atoms with Crippen molar-refractivity contribution in [3.8, 4) is 0 Å². The van der Waals surface area contributed by atoms with Crippen LogP contribution in [0.1, 0.15) is 31.2 Å². The zero-order chi connectivity index (χ0) is 14.7. The maximum absolute atomic E-state index is 12.2. The number of rotatable bonds is 5. The summed E-state index contributed by atoms with van der Waals surface area (Å²) in [7, 11) is 1.94. The van der Waals surface area contributed by atoms with E-state index in [0.29, 0.717) is 12.6 Å². The van der Waals surface area contributed by atoms with Crippen LogP contribution in [-0.2, 0) is 17.9 Å². The smallest absolute Gasteiger partial charge is 0.240 e. The molecule has 1 aromatic carbocycles. The van der Waals surface area contributed by atoms with Gasteiger partial charge in [0, 0.05) is 24.3 Å². The Morgan fingerprint density at radius 3 is 2.86 bits per heavy atom. The van der Waals surface area contributed by atoms with Crippen LogP contribution in [0.15, 0.2) is 30.5 Å². The number of nitrogens with zero attached hydrogens (tertiary/aromatic N) is 1. The van der Waals surface area contributed by atoms with Gasteiger partial charge in [-0.1, -0.05) is 25.0 Å². The van der Waals surface area contributed by atoms with E-state index in [0.717, 1.165) is 24.9 Å². The molecule has 4 nitrogen and oxygen atoms in total. The molecule has 1 saturated carbocycles. The monoisotopic (exact) mass is 285 g/mol. The van der Waals surface area contributed by atoms with E-state index in [2.05, 4.69) is 34.9 Å². The highest BCUT2D eigenvalue weighted by Gasteiger charge is 2.17. The van der Waals surface area contributed by atoms with E-state index >= 15 is 0 Å². The van der Waals surface area contributed by atoms with Gasteiger partial charge in [0.25, 0.3) is 0 Å². The number of carbonyl (C=O) groups is 1. The van der Waals surface area contributed by atoms with Crippen LogP contribution < -0.4 is 10.6 Å². The van der Waals surface area contributed by atoms with Crippen molar-refractivity contribution >= 4 is 16.8 Å². The van der Waals surface area contributed by atoms with Crippen LogP contribution in [0, 0.1) is 0 Å². The third-order valence-corrected chi connectivity index (χ3v) is 4.25. The lowest BCUT2D eigenvalue weighted by Crippen LogP contribution is -2.35. The van der Waals surface area contributed by atoms with Gasteiger partial charge in [-0.2, -0.15) is 0 Å². The minimum atomic E-state index is 0.124. The second-order valence-electron chi connectivity index (χ2n) is 5.92. The number of aromatic nitrogens is 1. The highest BCUT2D eigenvalue weighted by atomic mass is 16.2. The Morgan fingerprint density at radius 2 is 2.10 bits per heavy atom. The van der Waals surface area contributed by atoms with E-state index in [1.807, 2.05) is 17.8 Å². The van der Waals surface area contributed by atoms with Crippen LogP contribution in [0.5, 0.6) is 0 Å². The lowest BCUT2D eigenvalue weighted by Gasteiger charge is -2.13. The number of benzene rings is 1. The SMILES string of the molecule is CNCc1ccc2ccn(CC(=O)NC3CCCC3)c2c1. The fraction of sp³-hybridized carbons (Fsp3) is 0.471. The van der Waals surface area contributed by atoms with Gasteiger partial charge in [0.05, 0.1) is 0 Å². The van der Waals surface area contributed by atoms with Crippen LogP contribution in [0.4, 0.5) is 0 Å². The van der Waals surface area contributed by atoms with Crippen LogP contribution in [0.2, 0.25) is 0 Å². The van der Waals surface area contributed by atoms with Gasteiger partial charge in [-0.15, -0.1) is 0 Å². The molecule has 0 saturated heterocycles. The number of fused-ring (bicyclic) bond motifs is 1. The Bertz CT molecular complexity index is 626. The van der Waals surface area contributed by atoms with Gasteiger partial charge in [0.15, 0.2) is 0 Å². The largest absolute Gasteiger partial charge is 0.352 e. The zero-order valence-electron chi connectivity index (χ0n) is 12.6. The summed E-state index contributed by atoms with van der Waals surface area (Å²) in [4.78, 5) is 12.2. The molecule has 1 aromatic heterocycles. The van der Waals surface area contributed by atoms with E-state index in [-0.39, 0.29) is 5.91 Å². The van der Waals surface area contributed by atoms with Gasteiger partial charge in [-0.3, -0.25) is 4.79 Å². The average molecular weight is 285 g/mol. The topological polar surface area (TPSA) is 46.1 Å². The molecule has 0 atom stereocenters. The number of hydrogen-bond acceptors (Lipinski definition) is 2. The Morgan fingerprint density at radius 1 is 1.29 bits per heavy atom. The highest BCUT2D eigenvalue weighted by molar-refractivity contribution is 5.84. The quantitative estimate of drug-likeness (QED) is 0.886. The van der Waals surface area contributed by atoms with Crippen molar-refractivity contribution in [1.82, 2.24) is 15.2 Å². The van der Waals surface area contributed by atoms with Crippen molar-refractivity contribution in [3.63, 3.8) is 0 Å². The lowest BCUT2D eigenvalue weighted by atomic mass is 10.1. The molecule has 1 aliphatic rings. The summed E-state index contributed by atoms with van der Waals surface area (Å²) in [5.41, 5.74) is 2.37. The number of hydrogen-bond donors (Lipinski definition) is 2. The Kier molecular flexibility index (Phi) is 4.25. The van der Waals surface area contributed by atoms with Crippen LogP contribution in [0.25, 0.3) is 10.9 Å². The maximum atomic E-state index is 12.2. The predicted molar refractivity (Wildman–Crippen MR) is 85.1 cm³/mol. The normalized spacial score (nSPS) is 15.7. The zero-order valence-corrected chi connectivity index (χ0v) is 12.6. The van der Waals surface area contributed by atoms with Gasteiger partial charge < -0.3 is 15.2 Å². The van der Waals surface area contributed by atoms with Crippen molar-refractivity contribution in [2.24, 2.45) is 0 Å². The van der Waals surface area contributed by atoms with Crippen molar-refractivity contribution < 1.29 is 4.79 Å². The first kappa shape index (κ1) is 14.1. The molecule has 0 spiro atoms. The third-order valence-electron chi connectivity index (χ3n) is 4.25. The van der Waals surface area contributed by atoms with Crippen LogP contribution in [-0.4, -0.2) is 23.6 Å². The van der Waals surface area contributed by atoms with E-state index in [4.69, 9.17) is 0 Å². The molecule has 4 heteroatoms. The lowest BCUT2D eigenvalue weighted by molar-refractivity contribution is -0.122. The average Bonchev–Trinajstić information content (AvgIpc) is 3.10. The van der Waals surface area contributed by atoms with Gasteiger partial charge in [0.2, 0.25) is 5.91 Å². The van der Waals surface area contributed by atoms with Crippen molar-refractivity contribution in [2.45, 2.75) is 44.8 Å². The summed E-state index contributed by atoms with van der Waals surface area (Å²) in [6.45, 7) is 1.25. The van der Waals surface area contributed by atoms with Crippen molar-refractivity contribution in [2.75, 3.05) is 7.05 Å². The van der Waals surface area contributed by atoms with E-state index in [1.54, 1.807) is 0 Å². The molecule has 0 unspecified atom stereocenters. The Balaban J connectivity index is 1.73. The predicted octanol–water partition coefficient (Wildman–Crippen LogP) is 2.42. The summed E-state index contributed by atoms with van der Waals surface area (Å²) < 4.78 is 2.04. The molecule has 1 aliphatic carbocycles. The summed E-state index contributed by atoms with van der Waals surface area (Å²) in [6, 6.07) is 8.87. The molecule has 0 bridgehead atoms. The first-order valence-electron chi connectivity index (χ1n) is 7.78. The summed E-state index contributed by atoms with van der Waals surface area (Å²) in [5.74, 6) is 0.124. The van der Waals surface area contributed by atoms with E-state index in [1.165, 1.54) is 23.8 Å². The molecule has 0 radical (unpaired) electrons. The molecular weight excluding hydrogens is 262 g/mol. The number of carbonyl (C=O) groups excluding carboxylic acids is 1. The van der Waals surface area contributed by atoms with E-state index < -0.39 is 0 Å². The second-order valence-corrected chi connectivity index (χ2v) is 5.92. The Hall–Kier alpha value is -1.81. The third kappa shape index (κ3) is 3.27. The summed E-state index contributed by atoms with van der Waals surface area (Å²) in [6.07, 6.45) is 6.74. The van der Waals surface area contributed by atoms with Crippen molar-refractivity contribution in [3.05, 3.63) is 36.0 Å². The molecule has 3 rings (SSSR count). The minimum Gasteiger partial charge on any atom is -0.352 e. The standard InChI is InChI=1S/C17H23N3O/c1-18-11-13-6-7-14-8-9-20(16(14)10-13)12-17(21)19-15-4-2-3-5-15/h6-10,15,18H,2-5,11-12H2,1H3,(H,19,21). The van der Waals surface area contributed by atoms with Crippen molar-refractivity contribution in [1.29, 1.82) is 0 Å². The van der Waals surface area contributed by atoms with Gasteiger partial charge in [-0.25, -0.2) is 0 Å². The fourth-order valence-electron chi connectivity index (χ4n) is 3.18. The Labute approximate surface area is 125 Å². The minimum absolute atomic E-state index is 0.124.